The maximum atomic E-state index is 13.2. The number of carbonyl (C=O) groups is 3. The monoisotopic (exact) mass is 872 g/mol. The molecule has 338 valence electrons. The second kappa shape index (κ2) is 22.1. The molecule has 1 aromatic carbocycles. The minimum atomic E-state index is -4.44. The zero-order valence-corrected chi connectivity index (χ0v) is 35.2. The predicted molar refractivity (Wildman–Crippen MR) is 222 cm³/mol. The highest BCUT2D eigenvalue weighted by atomic mass is 19.4. The van der Waals surface area contributed by atoms with Gasteiger partial charge in [-0.2, -0.15) is 18.3 Å². The molecule has 0 saturated carbocycles. The van der Waals surface area contributed by atoms with Gasteiger partial charge in [-0.1, -0.05) is 32.9 Å². The molecule has 0 spiro atoms. The number of nitrogens with two attached hydrogens (primary N) is 1. The molecule has 1 aliphatic heterocycles. The normalized spacial score (nSPS) is 16.1. The van der Waals surface area contributed by atoms with Crippen LogP contribution in [0.1, 0.15) is 60.7 Å². The van der Waals surface area contributed by atoms with Crippen LogP contribution in [0.3, 0.4) is 0 Å². The molecule has 5 rings (SSSR count). The van der Waals surface area contributed by atoms with E-state index in [1.807, 2.05) is 39.8 Å². The van der Waals surface area contributed by atoms with Gasteiger partial charge in [-0.3, -0.25) is 14.4 Å². The molecule has 0 aliphatic carbocycles. The third-order valence-corrected chi connectivity index (χ3v) is 9.65. The van der Waals surface area contributed by atoms with Crippen LogP contribution in [0.15, 0.2) is 59.5 Å². The van der Waals surface area contributed by atoms with E-state index in [1.165, 1.54) is 29.2 Å². The van der Waals surface area contributed by atoms with Crippen molar-refractivity contribution in [3.63, 3.8) is 0 Å². The highest BCUT2D eigenvalue weighted by Crippen LogP contribution is 2.26. The molecule has 1 fully saturated rings. The van der Waals surface area contributed by atoms with Gasteiger partial charge in [0.15, 0.2) is 11.4 Å². The van der Waals surface area contributed by atoms with Crippen molar-refractivity contribution in [3.05, 3.63) is 72.0 Å². The van der Waals surface area contributed by atoms with Gasteiger partial charge in [0.05, 0.1) is 69.4 Å². The number of aliphatic hydroxyl groups excluding tert-OH is 1. The number of benzene rings is 1. The van der Waals surface area contributed by atoms with Gasteiger partial charge < -0.3 is 55.6 Å². The summed E-state index contributed by atoms with van der Waals surface area (Å²) >= 11 is 0. The van der Waals surface area contributed by atoms with Crippen molar-refractivity contribution in [2.24, 2.45) is 11.1 Å². The Labute approximate surface area is 357 Å². The number of oxazole rings is 1. The number of halogens is 3. The molecular weight excluding hydrogens is 818 g/mol. The van der Waals surface area contributed by atoms with Gasteiger partial charge >= 0.3 is 6.18 Å². The topological polar surface area (TPSA) is 233 Å². The fourth-order valence-corrected chi connectivity index (χ4v) is 6.53. The molecule has 0 bridgehead atoms. The summed E-state index contributed by atoms with van der Waals surface area (Å²) in [6.07, 6.45) is -0.558. The second-order valence-corrected chi connectivity index (χ2v) is 15.8. The molecule has 1 saturated heterocycles. The Morgan fingerprint density at radius 3 is 2.31 bits per heavy atom. The molecule has 18 nitrogen and oxygen atoms in total. The lowest BCUT2D eigenvalue weighted by Crippen LogP contribution is -2.54. The van der Waals surface area contributed by atoms with Crippen molar-refractivity contribution in [3.8, 4) is 17.1 Å². The number of primary amides is 1. The van der Waals surface area contributed by atoms with Crippen molar-refractivity contribution in [2.75, 3.05) is 76.5 Å². The van der Waals surface area contributed by atoms with Gasteiger partial charge in [-0.25, -0.2) is 14.6 Å². The Hall–Kier alpha value is -5.45. The number of nitrogens with one attached hydrogen (secondary N) is 4. The number of alkyl halides is 3. The largest absolute Gasteiger partial charge is 0.444 e. The second-order valence-electron chi connectivity index (χ2n) is 15.8. The van der Waals surface area contributed by atoms with E-state index < -0.39 is 30.6 Å². The fourth-order valence-electron chi connectivity index (χ4n) is 6.53. The van der Waals surface area contributed by atoms with Crippen LogP contribution in [0, 0.1) is 5.41 Å². The van der Waals surface area contributed by atoms with Crippen molar-refractivity contribution in [1.82, 2.24) is 35.3 Å². The number of hydrogen-bond acceptors (Lipinski definition) is 14. The van der Waals surface area contributed by atoms with E-state index in [-0.39, 0.29) is 57.8 Å². The molecule has 7 N–H and O–H groups in total. The number of nitrogens with zero attached hydrogens (tertiary/aromatic N) is 5. The summed E-state index contributed by atoms with van der Waals surface area (Å²) in [4.78, 5) is 48.2. The predicted octanol–water partition coefficient (Wildman–Crippen LogP) is 3.37. The van der Waals surface area contributed by atoms with E-state index in [0.717, 1.165) is 11.8 Å². The van der Waals surface area contributed by atoms with Gasteiger partial charge in [-0.15, -0.1) is 0 Å². The summed E-state index contributed by atoms with van der Waals surface area (Å²) in [6, 6.07) is 9.71. The molecule has 62 heavy (non-hydrogen) atoms. The standard InChI is InChI=1S/C41H55F3N10O8/c1-26-19-30(55)22-53(26)39(58)35(40(2,3)4)48-12-14-60-16-18-61-17-15-59-13-11-46-21-27-5-7-29(8-6-27)54-23-31(34(52-54)36(45)56)50-37(57)32-24-62-38(51-32)28-9-10-47-33(20-28)49-25-41(42,43)44/h5-10,20,23-24,26,30,35,46,48,55H,11-19,21-22,25H2,1-4H3,(H2,45,56)(H,47,49)(H,50,57)/t26-,30-,35-/m1/s1. The number of rotatable bonds is 23. The van der Waals surface area contributed by atoms with E-state index in [9.17, 15) is 32.7 Å². The molecule has 4 aromatic rings. The number of aliphatic hydroxyl groups is 1. The molecule has 3 aromatic heterocycles. The zero-order valence-electron chi connectivity index (χ0n) is 35.2. The maximum absolute atomic E-state index is 13.2. The molecule has 4 heterocycles. The first kappa shape index (κ1) is 47.6. The molecule has 3 atom stereocenters. The Balaban J connectivity index is 0.958. The quantitative estimate of drug-likeness (QED) is 0.0587. The first-order valence-electron chi connectivity index (χ1n) is 20.2. The molecule has 21 heteroatoms. The third kappa shape index (κ3) is 14.3. The number of anilines is 2. The van der Waals surface area contributed by atoms with Crippen LogP contribution in [-0.2, 0) is 25.5 Å². The summed E-state index contributed by atoms with van der Waals surface area (Å²) in [7, 11) is 0. The molecule has 1 aliphatic rings. The highest BCUT2D eigenvalue weighted by Gasteiger charge is 2.39. The summed E-state index contributed by atoms with van der Waals surface area (Å²) in [5.74, 6) is -1.72. The lowest BCUT2D eigenvalue weighted by Gasteiger charge is -2.35. The number of β-amino-alcohol motifs (C(OH)–C–C–N with tert-alkyl or cyclic N) is 1. The van der Waals surface area contributed by atoms with E-state index in [1.54, 1.807) is 17.0 Å². The van der Waals surface area contributed by atoms with Gasteiger partial charge in [0.2, 0.25) is 11.8 Å². The first-order chi connectivity index (χ1) is 29.5. The third-order valence-electron chi connectivity index (χ3n) is 9.65. The van der Waals surface area contributed by atoms with Gasteiger partial charge in [0.25, 0.3) is 11.8 Å². The summed E-state index contributed by atoms with van der Waals surface area (Å²) in [5.41, 5.74) is 6.76. The zero-order chi connectivity index (χ0) is 44.9. The van der Waals surface area contributed by atoms with Crippen LogP contribution >= 0.6 is 0 Å². The lowest BCUT2D eigenvalue weighted by molar-refractivity contribution is -0.137. The Bertz CT molecular complexity index is 2070. The number of amides is 3. The maximum Gasteiger partial charge on any atom is 0.405 e. The minimum Gasteiger partial charge on any atom is -0.444 e. The number of ether oxygens (including phenoxy) is 3. The Morgan fingerprint density at radius 2 is 1.68 bits per heavy atom. The van der Waals surface area contributed by atoms with Crippen LogP contribution in [0.4, 0.5) is 24.7 Å². The number of pyridine rings is 1. The van der Waals surface area contributed by atoms with Crippen molar-refractivity contribution in [2.45, 2.75) is 65.0 Å². The van der Waals surface area contributed by atoms with E-state index in [2.05, 4.69) is 36.3 Å². The van der Waals surface area contributed by atoms with Crippen molar-refractivity contribution in [1.29, 1.82) is 0 Å². The fraction of sp³-hybridized carbons (Fsp3) is 0.512. The minimum absolute atomic E-state index is 0.00327. The molecular formula is C41H55F3N10O8. The lowest BCUT2D eigenvalue weighted by atomic mass is 9.85. The van der Waals surface area contributed by atoms with Crippen molar-refractivity contribution >= 4 is 29.2 Å². The van der Waals surface area contributed by atoms with E-state index in [0.29, 0.717) is 77.9 Å². The molecule has 0 radical (unpaired) electrons. The summed E-state index contributed by atoms with van der Waals surface area (Å²) in [5, 5.41) is 25.6. The summed E-state index contributed by atoms with van der Waals surface area (Å²) < 4.78 is 61.5. The van der Waals surface area contributed by atoms with Gasteiger partial charge in [0.1, 0.15) is 18.6 Å². The highest BCUT2D eigenvalue weighted by molar-refractivity contribution is 6.07. The SMILES string of the molecule is C[C@@H]1C[C@@H](O)CN1C(=O)[C@@H](NCCOCCOCCOCCNCc1ccc(-n2cc(NC(=O)c3coc(-c4ccnc(NCC(F)(F)F)c4)n3)c(C(N)=O)n2)cc1)C(C)(C)C. The Kier molecular flexibility index (Phi) is 16.9. The molecule has 3 amide bonds. The smallest absolute Gasteiger partial charge is 0.405 e. The molecule has 0 unspecified atom stereocenters. The van der Waals surface area contributed by atoms with Crippen molar-refractivity contribution < 1.29 is 51.3 Å². The Morgan fingerprint density at radius 1 is 1.00 bits per heavy atom. The average Bonchev–Trinajstić information content (AvgIpc) is 3.97. The first-order valence-corrected chi connectivity index (χ1v) is 20.2. The van der Waals surface area contributed by atoms with Crippen LogP contribution in [0.2, 0.25) is 0 Å². The number of hydrogen-bond donors (Lipinski definition) is 6. The van der Waals surface area contributed by atoms with Crippen LogP contribution in [0.25, 0.3) is 17.1 Å². The summed E-state index contributed by atoms with van der Waals surface area (Å²) in [6.45, 7) is 11.4. The van der Waals surface area contributed by atoms with E-state index in [4.69, 9.17) is 24.4 Å². The van der Waals surface area contributed by atoms with Gasteiger partial charge in [0, 0.05) is 44.0 Å². The van der Waals surface area contributed by atoms with Crippen LogP contribution < -0.4 is 27.0 Å². The van der Waals surface area contributed by atoms with Crippen LogP contribution in [-0.4, -0.2) is 138 Å². The van der Waals surface area contributed by atoms with Gasteiger partial charge in [-0.05, 0) is 48.6 Å². The number of aromatic nitrogens is 4. The van der Waals surface area contributed by atoms with E-state index >= 15 is 0 Å². The van der Waals surface area contributed by atoms with Crippen LogP contribution in [0.5, 0.6) is 0 Å². The number of carbonyl (C=O) groups excluding carboxylic acids is 3. The number of likely N-dealkylation sites (tertiary alicyclic amines) is 1. The average molecular weight is 873 g/mol.